The van der Waals surface area contributed by atoms with Crippen molar-refractivity contribution in [3.8, 4) is 0 Å². The van der Waals surface area contributed by atoms with E-state index in [2.05, 4.69) is 9.89 Å². The van der Waals surface area contributed by atoms with Crippen LogP contribution in [0.2, 0.25) is 0 Å². The van der Waals surface area contributed by atoms with Crippen LogP contribution in [-0.4, -0.2) is 59.7 Å². The van der Waals surface area contributed by atoms with E-state index in [4.69, 9.17) is 9.47 Å². The first-order chi connectivity index (χ1) is 10.4. The average Bonchev–Trinajstić information content (AvgIpc) is 2.85. The summed E-state index contributed by atoms with van der Waals surface area (Å²) in [6, 6.07) is 0.536. The molecule has 1 fully saturated rings. The van der Waals surface area contributed by atoms with Crippen molar-refractivity contribution in [2.45, 2.75) is 51.8 Å². The predicted octanol–water partition coefficient (Wildman–Crippen LogP) is 1.07. The molecule has 2 heterocycles. The molecule has 8 nitrogen and oxygen atoms in total. The molecule has 124 valence electrons. The van der Waals surface area contributed by atoms with Gasteiger partial charge in [0.05, 0.1) is 19.2 Å². The van der Waals surface area contributed by atoms with Crippen LogP contribution < -0.4 is 0 Å². The largest absolute Gasteiger partial charge is 0.465 e. The van der Waals surface area contributed by atoms with Crippen LogP contribution in [-0.2, 0) is 14.3 Å². The number of carbonyl (C=O) groups excluding carboxylic acids is 1. The molecule has 0 aromatic carbocycles. The van der Waals surface area contributed by atoms with Gasteiger partial charge in [-0.25, -0.2) is 4.99 Å². The Kier molecular flexibility index (Phi) is 5.20. The number of fused-ring (bicyclic) bond motifs is 1. The van der Waals surface area contributed by atoms with E-state index in [9.17, 15) is 14.9 Å². The smallest absolute Gasteiger partial charge is 0.302 e. The normalized spacial score (nSPS) is 30.5. The molecule has 0 radical (unpaired) electrons. The number of nitrogens with zero attached hydrogens (tertiary/aromatic N) is 3. The fraction of sp³-hybridized carbons (Fsp3) is 0.857. The highest BCUT2D eigenvalue weighted by Crippen LogP contribution is 2.35. The van der Waals surface area contributed by atoms with Crippen molar-refractivity contribution < 1.29 is 19.2 Å². The summed E-state index contributed by atoms with van der Waals surface area (Å²) in [5.74, 6) is -0.209. The van der Waals surface area contributed by atoms with Crippen LogP contribution in [0.4, 0.5) is 0 Å². The zero-order valence-electron chi connectivity index (χ0n) is 13.2. The second-order valence-electron chi connectivity index (χ2n) is 5.77. The highest BCUT2D eigenvalue weighted by Gasteiger charge is 2.47. The fourth-order valence-corrected chi connectivity index (χ4v) is 3.30. The number of esters is 1. The summed E-state index contributed by atoms with van der Waals surface area (Å²) < 4.78 is 11.0. The maximum atomic E-state index is 11.3. The minimum Gasteiger partial charge on any atom is -0.465 e. The third-order valence-electron chi connectivity index (χ3n) is 4.32. The van der Waals surface area contributed by atoms with Crippen LogP contribution in [0.3, 0.4) is 0 Å². The summed E-state index contributed by atoms with van der Waals surface area (Å²) in [4.78, 5) is 28.2. The summed E-state index contributed by atoms with van der Waals surface area (Å²) in [5, 5.41) is 10.7. The van der Waals surface area contributed by atoms with Crippen LogP contribution in [0.25, 0.3) is 0 Å². The monoisotopic (exact) mass is 313 g/mol. The number of ether oxygens (including phenoxy) is 2. The minimum absolute atomic E-state index is 0.0661. The van der Waals surface area contributed by atoms with Gasteiger partial charge in [-0.2, -0.15) is 0 Å². The second-order valence-corrected chi connectivity index (χ2v) is 5.77. The molecule has 8 heteroatoms. The van der Waals surface area contributed by atoms with Gasteiger partial charge in [0.15, 0.2) is 0 Å². The van der Waals surface area contributed by atoms with Crippen molar-refractivity contribution in [1.82, 2.24) is 4.90 Å². The van der Waals surface area contributed by atoms with Gasteiger partial charge < -0.3 is 14.4 Å². The highest BCUT2D eigenvalue weighted by molar-refractivity contribution is 5.77. The van der Waals surface area contributed by atoms with E-state index in [0.29, 0.717) is 32.0 Å². The lowest BCUT2D eigenvalue weighted by molar-refractivity contribution is -0.481. The van der Waals surface area contributed by atoms with Crippen molar-refractivity contribution >= 4 is 12.0 Å². The molecule has 0 aromatic heterocycles. The van der Waals surface area contributed by atoms with Gasteiger partial charge in [0.25, 0.3) is 6.02 Å². The van der Waals surface area contributed by atoms with Crippen molar-refractivity contribution in [3.05, 3.63) is 10.1 Å². The first kappa shape index (κ1) is 16.5. The summed E-state index contributed by atoms with van der Waals surface area (Å²) in [7, 11) is 0. The van der Waals surface area contributed by atoms with E-state index in [-0.39, 0.29) is 41.5 Å². The van der Waals surface area contributed by atoms with Gasteiger partial charge in [-0.05, 0) is 6.92 Å². The number of rotatable bonds is 5. The van der Waals surface area contributed by atoms with Gasteiger partial charge in [0.2, 0.25) is 6.54 Å². The lowest BCUT2D eigenvalue weighted by atomic mass is 9.83. The van der Waals surface area contributed by atoms with Crippen molar-refractivity contribution in [1.29, 1.82) is 0 Å². The summed E-state index contributed by atoms with van der Waals surface area (Å²) >= 11 is 0. The average molecular weight is 313 g/mol. The van der Waals surface area contributed by atoms with Gasteiger partial charge in [-0.1, -0.05) is 6.92 Å². The Bertz CT molecular complexity index is 467. The summed E-state index contributed by atoms with van der Waals surface area (Å²) in [6.07, 6.45) is 0.726. The molecule has 22 heavy (non-hydrogen) atoms. The lowest BCUT2D eigenvalue weighted by Gasteiger charge is -2.45. The molecule has 0 aliphatic carbocycles. The molecule has 2 aliphatic heterocycles. The first-order valence-corrected chi connectivity index (χ1v) is 7.68. The molecule has 4 atom stereocenters. The molecule has 2 rings (SSSR count). The topological polar surface area (TPSA) is 94.3 Å². The van der Waals surface area contributed by atoms with E-state index >= 15 is 0 Å². The maximum absolute atomic E-state index is 11.3. The first-order valence-electron chi connectivity index (χ1n) is 7.68. The molecule has 0 amide bonds. The lowest BCUT2D eigenvalue weighted by Crippen LogP contribution is -2.57. The zero-order chi connectivity index (χ0) is 16.3. The number of hydrogen-bond acceptors (Lipinski definition) is 7. The number of amidine groups is 1. The number of hydrogen-bond donors (Lipinski definition) is 0. The van der Waals surface area contributed by atoms with E-state index in [0.717, 1.165) is 0 Å². The second kappa shape index (κ2) is 6.93. The third kappa shape index (κ3) is 3.48. The molecular formula is C14H23N3O5. The number of nitro groups is 1. The van der Waals surface area contributed by atoms with Crippen LogP contribution in [0, 0.1) is 16.0 Å². The fourth-order valence-electron chi connectivity index (χ4n) is 3.30. The van der Waals surface area contributed by atoms with Crippen LogP contribution >= 0.6 is 0 Å². The van der Waals surface area contributed by atoms with Crippen molar-refractivity contribution in [3.63, 3.8) is 0 Å². The Hall–Kier alpha value is -1.86. The van der Waals surface area contributed by atoms with E-state index in [1.165, 1.54) is 6.92 Å². The van der Waals surface area contributed by atoms with Crippen molar-refractivity contribution in [2.24, 2.45) is 10.9 Å². The predicted molar refractivity (Wildman–Crippen MR) is 79.2 cm³/mol. The van der Waals surface area contributed by atoms with Gasteiger partial charge >= 0.3 is 5.97 Å². The Morgan fingerprint density at radius 1 is 1.55 bits per heavy atom. The molecule has 0 bridgehead atoms. The molecular weight excluding hydrogens is 290 g/mol. The third-order valence-corrected chi connectivity index (χ3v) is 4.32. The number of aliphatic imine (C=N–C) groups is 1. The molecule has 2 aliphatic rings. The molecule has 0 N–H and O–H groups in total. The van der Waals surface area contributed by atoms with Crippen LogP contribution in [0.1, 0.15) is 33.6 Å². The molecule has 0 unspecified atom stereocenters. The maximum Gasteiger partial charge on any atom is 0.302 e. The standard InChI is InChI=1S/C14H23N3O5/c1-4-21-14-15-8-12-9(2)13(22-10(3)18)7-11(17(12)14)5-6-16(19)20/h9,11-13H,4-8H2,1-3H3/t9-,11+,12-,13+/m1/s1. The minimum atomic E-state index is -0.318. The van der Waals surface area contributed by atoms with E-state index in [1.807, 2.05) is 13.8 Å². The Morgan fingerprint density at radius 2 is 2.27 bits per heavy atom. The zero-order valence-corrected chi connectivity index (χ0v) is 13.2. The Balaban J connectivity index is 2.15. The summed E-state index contributed by atoms with van der Waals surface area (Å²) in [6.45, 7) is 6.27. The van der Waals surface area contributed by atoms with E-state index < -0.39 is 0 Å². The molecule has 0 saturated carbocycles. The quantitative estimate of drug-likeness (QED) is 0.428. The van der Waals surface area contributed by atoms with Gasteiger partial charge in [-0.15, -0.1) is 0 Å². The van der Waals surface area contributed by atoms with Crippen molar-refractivity contribution in [2.75, 3.05) is 19.7 Å². The molecule has 1 saturated heterocycles. The number of carbonyl (C=O) groups is 1. The summed E-state index contributed by atoms with van der Waals surface area (Å²) in [5.41, 5.74) is 0. The highest BCUT2D eigenvalue weighted by atomic mass is 16.6. The Labute approximate surface area is 129 Å². The molecule has 0 aromatic rings. The van der Waals surface area contributed by atoms with Gasteiger partial charge in [0, 0.05) is 36.6 Å². The van der Waals surface area contributed by atoms with Crippen LogP contribution in [0.15, 0.2) is 4.99 Å². The van der Waals surface area contributed by atoms with Gasteiger partial charge in [-0.3, -0.25) is 14.9 Å². The SMILES string of the molecule is CCOC1=NC[C@@H]2[C@@H](C)[C@@H](OC(C)=O)C[C@H](CC[N+](=O)[O-])N12. The van der Waals surface area contributed by atoms with Gasteiger partial charge in [0.1, 0.15) is 6.10 Å². The number of piperidine rings is 1. The van der Waals surface area contributed by atoms with E-state index in [1.54, 1.807) is 0 Å². The van der Waals surface area contributed by atoms with Crippen LogP contribution in [0.5, 0.6) is 0 Å². The Morgan fingerprint density at radius 3 is 2.86 bits per heavy atom. The molecule has 0 spiro atoms.